The van der Waals surface area contributed by atoms with Crippen LogP contribution in [0.15, 0.2) is 60.0 Å². The van der Waals surface area contributed by atoms with Crippen LogP contribution in [-0.4, -0.2) is 23.4 Å². The average Bonchev–Trinajstić information content (AvgIpc) is 3.19. The second kappa shape index (κ2) is 10.3. The third-order valence-corrected chi connectivity index (χ3v) is 4.83. The molecule has 0 saturated carbocycles. The van der Waals surface area contributed by atoms with Crippen LogP contribution in [-0.2, 0) is 16.0 Å². The largest absolute Gasteiger partial charge is 0.494 e. The summed E-state index contributed by atoms with van der Waals surface area (Å²) in [5.41, 5.74) is 6.13. The third-order valence-electron chi connectivity index (χ3n) is 3.89. The summed E-state index contributed by atoms with van der Waals surface area (Å²) in [6.07, 6.45) is 0.803. The lowest BCUT2D eigenvalue weighted by molar-refractivity contribution is -0.128. The number of para-hydroxylation sites is 1. The van der Waals surface area contributed by atoms with Gasteiger partial charge in [-0.15, -0.1) is 11.3 Å². The van der Waals surface area contributed by atoms with Gasteiger partial charge in [-0.2, -0.15) is 0 Å². The van der Waals surface area contributed by atoms with E-state index in [-0.39, 0.29) is 30.5 Å². The van der Waals surface area contributed by atoms with Crippen LogP contribution < -0.4 is 15.6 Å². The second-order valence-corrected chi connectivity index (χ2v) is 7.05. The monoisotopic (exact) mass is 413 g/mol. The van der Waals surface area contributed by atoms with Crippen molar-refractivity contribution in [2.24, 2.45) is 0 Å². The Kier molecular flexibility index (Phi) is 7.29. The van der Waals surface area contributed by atoms with Crippen LogP contribution in [0.1, 0.15) is 18.5 Å². The molecule has 3 aromatic rings. The van der Waals surface area contributed by atoms with Gasteiger partial charge in [0.1, 0.15) is 16.6 Å². The predicted molar refractivity (Wildman–Crippen MR) is 109 cm³/mol. The van der Waals surface area contributed by atoms with Gasteiger partial charge < -0.3 is 4.74 Å². The van der Waals surface area contributed by atoms with E-state index in [1.54, 1.807) is 17.5 Å². The Hall–Kier alpha value is -3.26. The van der Waals surface area contributed by atoms with Crippen molar-refractivity contribution in [2.75, 3.05) is 6.61 Å². The fourth-order valence-corrected chi connectivity index (χ4v) is 3.29. The maximum Gasteiger partial charge on any atom is 0.244 e. The molecule has 1 heterocycles. The molecule has 0 aliphatic rings. The number of benzene rings is 2. The predicted octanol–water partition coefficient (Wildman–Crippen LogP) is 3.50. The van der Waals surface area contributed by atoms with E-state index in [1.807, 2.05) is 30.3 Å². The molecule has 0 bridgehead atoms. The molecule has 0 atom stereocenters. The van der Waals surface area contributed by atoms with Crippen LogP contribution in [0.3, 0.4) is 0 Å². The zero-order valence-corrected chi connectivity index (χ0v) is 16.4. The molecule has 0 aliphatic carbocycles. The Labute approximate surface area is 171 Å². The molecule has 8 heteroatoms. The van der Waals surface area contributed by atoms with E-state index in [1.165, 1.54) is 23.5 Å². The van der Waals surface area contributed by atoms with Gasteiger partial charge in [-0.3, -0.25) is 20.4 Å². The van der Waals surface area contributed by atoms with Crippen molar-refractivity contribution in [1.82, 2.24) is 15.8 Å². The highest BCUT2D eigenvalue weighted by Crippen LogP contribution is 2.24. The first-order valence-electron chi connectivity index (χ1n) is 9.06. The van der Waals surface area contributed by atoms with Crippen LogP contribution in [0.4, 0.5) is 4.39 Å². The molecule has 6 nitrogen and oxygen atoms in total. The molecule has 2 N–H and O–H groups in total. The van der Waals surface area contributed by atoms with Crippen molar-refractivity contribution in [3.8, 4) is 16.3 Å². The van der Waals surface area contributed by atoms with E-state index in [2.05, 4.69) is 15.8 Å². The first-order valence-corrected chi connectivity index (χ1v) is 9.94. The molecule has 150 valence electrons. The van der Waals surface area contributed by atoms with Crippen LogP contribution in [0.25, 0.3) is 10.6 Å². The highest BCUT2D eigenvalue weighted by molar-refractivity contribution is 7.13. The van der Waals surface area contributed by atoms with Gasteiger partial charge >= 0.3 is 0 Å². The molecular formula is C21H20FN3O3S. The zero-order chi connectivity index (χ0) is 20.5. The SMILES string of the molecule is O=C(CCCOc1ccccc1)NNC(=O)Cc1csc(-c2ccc(F)cc2)n1. The van der Waals surface area contributed by atoms with Gasteiger partial charge in [-0.1, -0.05) is 18.2 Å². The highest BCUT2D eigenvalue weighted by Gasteiger charge is 2.10. The number of carbonyl (C=O) groups excluding carboxylic acids is 2. The van der Waals surface area contributed by atoms with Crippen molar-refractivity contribution in [2.45, 2.75) is 19.3 Å². The Morgan fingerprint density at radius 2 is 1.72 bits per heavy atom. The number of carbonyl (C=O) groups is 2. The Morgan fingerprint density at radius 3 is 2.48 bits per heavy atom. The summed E-state index contributed by atoms with van der Waals surface area (Å²) in [6.45, 7) is 0.413. The molecule has 2 aromatic carbocycles. The third kappa shape index (κ3) is 6.69. The standard InChI is InChI=1S/C21H20FN3O3S/c22-16-10-8-15(9-11-16)21-23-17(14-29-21)13-20(27)25-24-19(26)7-4-12-28-18-5-2-1-3-6-18/h1-3,5-6,8-11,14H,4,7,12-13H2,(H,24,26)(H,25,27). The number of nitrogens with zero attached hydrogens (tertiary/aromatic N) is 1. The normalized spacial score (nSPS) is 10.4. The van der Waals surface area contributed by atoms with Gasteiger partial charge in [-0.25, -0.2) is 9.37 Å². The van der Waals surface area contributed by atoms with Crippen molar-refractivity contribution in [3.63, 3.8) is 0 Å². The topological polar surface area (TPSA) is 80.3 Å². The van der Waals surface area contributed by atoms with E-state index in [0.717, 1.165) is 11.3 Å². The molecule has 0 fully saturated rings. The Balaban J connectivity index is 1.35. The van der Waals surface area contributed by atoms with Crippen molar-refractivity contribution in [3.05, 3.63) is 71.5 Å². The fourth-order valence-electron chi connectivity index (χ4n) is 2.46. The Bertz CT molecular complexity index is 945. The molecule has 0 aliphatic heterocycles. The number of hydrogen-bond donors (Lipinski definition) is 2. The smallest absolute Gasteiger partial charge is 0.244 e. The maximum absolute atomic E-state index is 13.0. The van der Waals surface area contributed by atoms with Crippen LogP contribution in [0, 0.1) is 5.82 Å². The number of nitrogens with one attached hydrogen (secondary N) is 2. The lowest BCUT2D eigenvalue weighted by Gasteiger charge is -2.08. The number of hydrazine groups is 1. The fraction of sp³-hybridized carbons (Fsp3) is 0.190. The molecule has 3 rings (SSSR count). The number of thiazole rings is 1. The molecule has 29 heavy (non-hydrogen) atoms. The molecule has 0 unspecified atom stereocenters. The van der Waals surface area contributed by atoms with Gasteiger partial charge in [0, 0.05) is 17.4 Å². The van der Waals surface area contributed by atoms with E-state index >= 15 is 0 Å². The van der Waals surface area contributed by atoms with Gasteiger partial charge in [0.05, 0.1) is 18.7 Å². The van der Waals surface area contributed by atoms with Gasteiger partial charge in [0.15, 0.2) is 0 Å². The molecular weight excluding hydrogens is 393 g/mol. The van der Waals surface area contributed by atoms with Gasteiger partial charge in [0.2, 0.25) is 11.8 Å². The second-order valence-electron chi connectivity index (χ2n) is 6.19. The van der Waals surface area contributed by atoms with E-state index in [9.17, 15) is 14.0 Å². The van der Waals surface area contributed by atoms with Crippen LogP contribution in [0.2, 0.25) is 0 Å². The van der Waals surface area contributed by atoms with Gasteiger partial charge in [0.25, 0.3) is 0 Å². The lowest BCUT2D eigenvalue weighted by Crippen LogP contribution is -2.42. The number of aromatic nitrogens is 1. The van der Waals surface area contributed by atoms with Crippen molar-refractivity contribution >= 4 is 23.2 Å². The molecule has 2 amide bonds. The van der Waals surface area contributed by atoms with Gasteiger partial charge in [-0.05, 0) is 42.8 Å². The van der Waals surface area contributed by atoms with E-state index in [0.29, 0.717) is 23.7 Å². The lowest BCUT2D eigenvalue weighted by atomic mass is 10.2. The van der Waals surface area contributed by atoms with Crippen molar-refractivity contribution < 1.29 is 18.7 Å². The molecule has 0 radical (unpaired) electrons. The summed E-state index contributed by atoms with van der Waals surface area (Å²) in [4.78, 5) is 28.2. The number of rotatable bonds is 8. The average molecular weight is 413 g/mol. The number of ether oxygens (including phenoxy) is 1. The minimum atomic E-state index is -0.366. The van der Waals surface area contributed by atoms with E-state index in [4.69, 9.17) is 4.74 Å². The first kappa shape index (κ1) is 20.5. The minimum Gasteiger partial charge on any atom is -0.494 e. The summed E-state index contributed by atoms with van der Waals surface area (Å²) in [7, 11) is 0. The van der Waals surface area contributed by atoms with Crippen LogP contribution >= 0.6 is 11.3 Å². The summed E-state index contributed by atoms with van der Waals surface area (Å²) < 4.78 is 18.5. The zero-order valence-electron chi connectivity index (χ0n) is 15.6. The molecule has 0 spiro atoms. The molecule has 1 aromatic heterocycles. The van der Waals surface area contributed by atoms with Crippen LogP contribution in [0.5, 0.6) is 5.75 Å². The quantitative estimate of drug-likeness (QED) is 0.438. The number of halogens is 1. The molecule has 0 saturated heterocycles. The van der Waals surface area contributed by atoms with Crippen molar-refractivity contribution in [1.29, 1.82) is 0 Å². The summed E-state index contributed by atoms with van der Waals surface area (Å²) >= 11 is 1.37. The van der Waals surface area contributed by atoms with E-state index < -0.39 is 0 Å². The first-order chi connectivity index (χ1) is 14.1. The summed E-state index contributed by atoms with van der Waals surface area (Å²) in [5, 5.41) is 2.47. The summed E-state index contributed by atoms with van der Waals surface area (Å²) in [5.74, 6) is -0.216. The highest BCUT2D eigenvalue weighted by atomic mass is 32.1. The minimum absolute atomic E-state index is 0.0368. The number of amides is 2. The Morgan fingerprint density at radius 1 is 1.00 bits per heavy atom. The summed E-state index contributed by atoms with van der Waals surface area (Å²) in [6, 6.07) is 15.4. The number of hydrogen-bond acceptors (Lipinski definition) is 5. The maximum atomic E-state index is 13.0.